The van der Waals surface area contributed by atoms with Crippen molar-refractivity contribution in [2.75, 3.05) is 14.2 Å². The van der Waals surface area contributed by atoms with Crippen LogP contribution in [0.1, 0.15) is 70.4 Å². The van der Waals surface area contributed by atoms with Crippen LogP contribution in [-0.4, -0.2) is 26.0 Å². The first-order valence-corrected chi connectivity index (χ1v) is 12.3. The monoisotopic (exact) mass is 454 g/mol. The Labute approximate surface area is 200 Å². The van der Waals surface area contributed by atoms with Crippen LogP contribution in [0.5, 0.6) is 5.75 Å². The van der Waals surface area contributed by atoms with Crippen LogP contribution < -0.4 is 4.74 Å². The Morgan fingerprint density at radius 1 is 0.735 bits per heavy atom. The molecular weight excluding hydrogens is 424 g/mol. The van der Waals surface area contributed by atoms with Crippen LogP contribution in [0.25, 0.3) is 10.8 Å². The van der Waals surface area contributed by atoms with E-state index in [-0.39, 0.29) is 17.2 Å². The number of fused-ring (bicyclic) bond motifs is 1. The van der Waals surface area contributed by atoms with Gasteiger partial charge in [-0.2, -0.15) is 0 Å². The molecule has 3 aromatic rings. The van der Waals surface area contributed by atoms with E-state index in [4.69, 9.17) is 9.47 Å². The van der Waals surface area contributed by atoms with Crippen molar-refractivity contribution in [2.24, 2.45) is 17.8 Å². The normalized spacial score (nSPS) is 27.1. The predicted octanol–water partition coefficient (Wildman–Crippen LogP) is 6.33. The fourth-order valence-electron chi connectivity index (χ4n) is 7.50. The van der Waals surface area contributed by atoms with Crippen molar-refractivity contribution in [1.82, 2.24) is 0 Å². The Balaban J connectivity index is 1.36. The molecule has 0 atom stereocenters. The number of benzene rings is 3. The quantitative estimate of drug-likeness (QED) is 0.334. The van der Waals surface area contributed by atoms with Crippen LogP contribution >= 0.6 is 0 Å². The summed E-state index contributed by atoms with van der Waals surface area (Å²) in [6.07, 6.45) is 7.83. The summed E-state index contributed by atoms with van der Waals surface area (Å²) in [6.45, 7) is 0. The van der Waals surface area contributed by atoms with Crippen LogP contribution in [0.15, 0.2) is 54.6 Å². The third kappa shape index (κ3) is 3.43. The number of carbonyl (C=O) groups excluding carboxylic acids is 2. The number of rotatable bonds is 5. The molecule has 4 bridgehead atoms. The molecule has 4 saturated carbocycles. The van der Waals surface area contributed by atoms with Crippen molar-refractivity contribution in [3.8, 4) is 5.75 Å². The standard InChI is InChI=1S/C30H30O4/c1-33-27-8-7-24(14-26(27)30-15-18-9-19(16-30)11-20(10-18)17-30)28(31)23-5-3-22-13-25(29(32)34-2)6-4-21(22)12-23/h3-8,12-14,18-20H,9-11,15-17H2,1-2H3. The highest BCUT2D eigenvalue weighted by atomic mass is 16.5. The van der Waals surface area contributed by atoms with E-state index in [9.17, 15) is 9.59 Å². The van der Waals surface area contributed by atoms with Gasteiger partial charge in [0.15, 0.2) is 5.78 Å². The van der Waals surface area contributed by atoms with Crippen molar-refractivity contribution in [3.63, 3.8) is 0 Å². The van der Waals surface area contributed by atoms with Gasteiger partial charge in [-0.1, -0.05) is 18.2 Å². The van der Waals surface area contributed by atoms with E-state index in [2.05, 4.69) is 6.07 Å². The lowest BCUT2D eigenvalue weighted by Gasteiger charge is -2.57. The number of hydrogen-bond acceptors (Lipinski definition) is 4. The Kier molecular flexibility index (Phi) is 5.02. The summed E-state index contributed by atoms with van der Waals surface area (Å²) in [5.41, 5.74) is 3.27. The fraction of sp³-hybridized carbons (Fsp3) is 0.400. The van der Waals surface area contributed by atoms with Crippen molar-refractivity contribution in [1.29, 1.82) is 0 Å². The molecule has 0 heterocycles. The maximum Gasteiger partial charge on any atom is 0.337 e. The van der Waals surface area contributed by atoms with Gasteiger partial charge in [-0.25, -0.2) is 4.79 Å². The van der Waals surface area contributed by atoms with E-state index in [1.54, 1.807) is 19.2 Å². The second kappa shape index (κ2) is 7.97. The Bertz CT molecular complexity index is 1270. The van der Waals surface area contributed by atoms with Gasteiger partial charge in [-0.05, 0) is 109 Å². The van der Waals surface area contributed by atoms with Gasteiger partial charge in [-0.3, -0.25) is 4.79 Å². The van der Waals surface area contributed by atoms with Crippen molar-refractivity contribution < 1.29 is 19.1 Å². The maximum atomic E-state index is 13.6. The largest absolute Gasteiger partial charge is 0.496 e. The molecule has 4 aliphatic carbocycles. The zero-order valence-corrected chi connectivity index (χ0v) is 19.8. The number of hydrogen-bond donors (Lipinski definition) is 0. The zero-order valence-electron chi connectivity index (χ0n) is 19.8. The van der Waals surface area contributed by atoms with Crippen molar-refractivity contribution >= 4 is 22.5 Å². The summed E-state index contributed by atoms with van der Waals surface area (Å²) in [4.78, 5) is 25.4. The van der Waals surface area contributed by atoms with Gasteiger partial charge in [0.1, 0.15) is 5.75 Å². The molecule has 0 aromatic heterocycles. The second-order valence-corrected chi connectivity index (χ2v) is 10.7. The molecule has 0 unspecified atom stereocenters. The van der Waals surface area contributed by atoms with E-state index in [0.29, 0.717) is 11.1 Å². The average molecular weight is 455 g/mol. The summed E-state index contributed by atoms with van der Waals surface area (Å²) in [7, 11) is 3.12. The van der Waals surface area contributed by atoms with Gasteiger partial charge < -0.3 is 9.47 Å². The summed E-state index contributed by atoms with van der Waals surface area (Å²) >= 11 is 0. The number of methoxy groups -OCH3 is 2. The molecular formula is C30H30O4. The van der Waals surface area contributed by atoms with Gasteiger partial charge in [0.25, 0.3) is 0 Å². The van der Waals surface area contributed by atoms with Crippen molar-refractivity contribution in [2.45, 2.75) is 43.9 Å². The summed E-state index contributed by atoms with van der Waals surface area (Å²) < 4.78 is 10.6. The molecule has 4 nitrogen and oxygen atoms in total. The topological polar surface area (TPSA) is 52.6 Å². The van der Waals surface area contributed by atoms with E-state index >= 15 is 0 Å². The molecule has 7 rings (SSSR count). The first-order chi connectivity index (χ1) is 16.5. The van der Waals surface area contributed by atoms with Gasteiger partial charge in [0.2, 0.25) is 0 Å². The SMILES string of the molecule is COC(=O)c1ccc2cc(C(=O)c3ccc(OC)c(C45CC6CC(CC(C6)C4)C5)c3)ccc2c1. The van der Waals surface area contributed by atoms with Crippen LogP contribution in [0.4, 0.5) is 0 Å². The highest BCUT2D eigenvalue weighted by molar-refractivity contribution is 6.11. The molecule has 174 valence electrons. The summed E-state index contributed by atoms with van der Waals surface area (Å²) in [5.74, 6) is 3.06. The first kappa shape index (κ1) is 21.4. The molecule has 0 aliphatic heterocycles. The smallest absolute Gasteiger partial charge is 0.337 e. The molecule has 3 aromatic carbocycles. The molecule has 0 amide bonds. The summed E-state index contributed by atoms with van der Waals surface area (Å²) in [6, 6.07) is 17.1. The Morgan fingerprint density at radius 2 is 1.26 bits per heavy atom. The lowest BCUT2D eigenvalue weighted by atomic mass is 9.48. The lowest BCUT2D eigenvalue weighted by molar-refractivity contribution is -0.00617. The average Bonchev–Trinajstić information content (AvgIpc) is 2.86. The number of carbonyl (C=O) groups is 2. The molecule has 4 aliphatic rings. The highest BCUT2D eigenvalue weighted by Crippen LogP contribution is 2.62. The molecule has 0 N–H and O–H groups in total. The van der Waals surface area contributed by atoms with E-state index < -0.39 is 0 Å². The zero-order chi connectivity index (χ0) is 23.4. The lowest BCUT2D eigenvalue weighted by Crippen LogP contribution is -2.48. The molecule has 4 heteroatoms. The van der Waals surface area contributed by atoms with E-state index in [1.165, 1.54) is 51.2 Å². The van der Waals surface area contributed by atoms with Crippen LogP contribution in [0.2, 0.25) is 0 Å². The third-order valence-corrected chi connectivity index (χ3v) is 8.59. The first-order valence-electron chi connectivity index (χ1n) is 12.3. The molecule has 0 saturated heterocycles. The maximum absolute atomic E-state index is 13.6. The van der Waals surface area contributed by atoms with Gasteiger partial charge in [0.05, 0.1) is 19.8 Å². The predicted molar refractivity (Wildman–Crippen MR) is 132 cm³/mol. The molecule has 4 fully saturated rings. The number of ketones is 1. The fourth-order valence-corrected chi connectivity index (χ4v) is 7.50. The Morgan fingerprint density at radius 3 is 1.85 bits per heavy atom. The van der Waals surface area contributed by atoms with E-state index in [0.717, 1.165) is 39.8 Å². The minimum atomic E-state index is -0.363. The third-order valence-electron chi connectivity index (χ3n) is 8.59. The van der Waals surface area contributed by atoms with Crippen molar-refractivity contribution in [3.05, 3.63) is 76.9 Å². The van der Waals surface area contributed by atoms with Gasteiger partial charge >= 0.3 is 5.97 Å². The van der Waals surface area contributed by atoms with E-state index in [1.807, 2.05) is 36.4 Å². The van der Waals surface area contributed by atoms with Crippen LogP contribution in [-0.2, 0) is 10.2 Å². The molecule has 34 heavy (non-hydrogen) atoms. The molecule has 0 spiro atoms. The van der Waals surface area contributed by atoms with Gasteiger partial charge in [-0.15, -0.1) is 0 Å². The molecule has 0 radical (unpaired) electrons. The minimum Gasteiger partial charge on any atom is -0.496 e. The van der Waals surface area contributed by atoms with Crippen LogP contribution in [0, 0.1) is 17.8 Å². The minimum absolute atomic E-state index is 0.0209. The highest BCUT2D eigenvalue weighted by Gasteiger charge is 2.52. The van der Waals surface area contributed by atoms with Crippen LogP contribution in [0.3, 0.4) is 0 Å². The Hall–Kier alpha value is -3.14. The second-order valence-electron chi connectivity index (χ2n) is 10.7. The van der Waals surface area contributed by atoms with Gasteiger partial charge in [0, 0.05) is 16.7 Å². The number of esters is 1. The summed E-state index contributed by atoms with van der Waals surface area (Å²) in [5, 5.41) is 1.83. The number of ether oxygens (including phenoxy) is 2.